The zero-order valence-electron chi connectivity index (χ0n) is 13.2. The molecule has 0 atom stereocenters. The van der Waals surface area contributed by atoms with Crippen molar-refractivity contribution in [1.82, 2.24) is 3.97 Å². The van der Waals surface area contributed by atoms with Crippen LogP contribution in [-0.4, -0.2) is 12.4 Å². The van der Waals surface area contributed by atoms with Gasteiger partial charge in [0.05, 0.1) is 10.6 Å². The maximum absolute atomic E-state index is 12.9. The van der Waals surface area contributed by atoms with Gasteiger partial charge in [-0.2, -0.15) is 0 Å². The molecule has 0 radical (unpaired) electrons. The highest BCUT2D eigenvalue weighted by atomic mass is 32.2. The van der Waals surface area contributed by atoms with Crippen LogP contribution in [0.15, 0.2) is 71.8 Å². The number of hydrogen-bond acceptors (Lipinski definition) is 2. The summed E-state index contributed by atoms with van der Waals surface area (Å²) in [5, 5.41) is 0. The van der Waals surface area contributed by atoms with Crippen LogP contribution in [0, 0.1) is 6.92 Å². The van der Waals surface area contributed by atoms with E-state index in [0.717, 1.165) is 17.5 Å². The minimum Gasteiger partial charge on any atom is -0.241 e. The van der Waals surface area contributed by atoms with E-state index < -0.39 is 10.0 Å². The first-order valence-corrected chi connectivity index (χ1v) is 9.05. The number of hydrogen-bond donors (Lipinski definition) is 0. The van der Waals surface area contributed by atoms with Gasteiger partial charge >= 0.3 is 0 Å². The van der Waals surface area contributed by atoms with Gasteiger partial charge in [0.25, 0.3) is 10.0 Å². The summed E-state index contributed by atoms with van der Waals surface area (Å²) in [6.45, 7) is 4.03. The Bertz CT molecular complexity index is 905. The van der Waals surface area contributed by atoms with Crippen LogP contribution in [-0.2, 0) is 16.4 Å². The Hall–Kier alpha value is -2.33. The zero-order valence-corrected chi connectivity index (χ0v) is 14.0. The average molecular weight is 325 g/mol. The predicted octanol–water partition coefficient (Wildman–Crippen LogP) is 4.26. The highest BCUT2D eigenvalue weighted by Crippen LogP contribution is 2.25. The van der Waals surface area contributed by atoms with Crippen LogP contribution in [0.5, 0.6) is 0 Å². The SMILES string of the molecule is CCc1ccc(-c2cccn2S(=O)(=O)c2ccc(C)cc2)cc1. The smallest absolute Gasteiger partial charge is 0.241 e. The van der Waals surface area contributed by atoms with Gasteiger partial charge in [0, 0.05) is 6.20 Å². The summed E-state index contributed by atoms with van der Waals surface area (Å²) >= 11 is 0. The molecule has 4 heteroatoms. The normalized spacial score (nSPS) is 11.6. The van der Waals surface area contributed by atoms with Crippen LogP contribution in [0.2, 0.25) is 0 Å². The molecule has 0 saturated carbocycles. The van der Waals surface area contributed by atoms with Crippen molar-refractivity contribution in [3.63, 3.8) is 0 Å². The molecule has 0 saturated heterocycles. The Morgan fingerprint density at radius 1 is 0.913 bits per heavy atom. The third kappa shape index (κ3) is 2.94. The number of nitrogens with zero attached hydrogens (tertiary/aromatic N) is 1. The number of rotatable bonds is 4. The second-order valence-electron chi connectivity index (χ2n) is 5.56. The summed E-state index contributed by atoms with van der Waals surface area (Å²) < 4.78 is 27.1. The molecular weight excluding hydrogens is 306 g/mol. The van der Waals surface area contributed by atoms with Crippen molar-refractivity contribution in [2.24, 2.45) is 0 Å². The molecule has 1 heterocycles. The molecule has 0 aliphatic heterocycles. The lowest BCUT2D eigenvalue weighted by Crippen LogP contribution is -2.13. The van der Waals surface area contributed by atoms with Crippen molar-refractivity contribution in [2.45, 2.75) is 25.2 Å². The molecule has 0 N–H and O–H groups in total. The maximum Gasteiger partial charge on any atom is 0.268 e. The van der Waals surface area contributed by atoms with Gasteiger partial charge in [-0.1, -0.05) is 48.9 Å². The number of aromatic nitrogens is 1. The fraction of sp³-hybridized carbons (Fsp3) is 0.158. The van der Waals surface area contributed by atoms with E-state index in [1.807, 2.05) is 49.4 Å². The summed E-state index contributed by atoms with van der Waals surface area (Å²) in [7, 11) is -3.59. The lowest BCUT2D eigenvalue weighted by molar-refractivity contribution is 0.588. The van der Waals surface area contributed by atoms with Gasteiger partial charge in [-0.15, -0.1) is 0 Å². The number of aryl methyl sites for hydroxylation is 2. The van der Waals surface area contributed by atoms with E-state index in [4.69, 9.17) is 0 Å². The molecule has 0 amide bonds. The lowest BCUT2D eigenvalue weighted by atomic mass is 10.1. The van der Waals surface area contributed by atoms with Gasteiger partial charge in [-0.25, -0.2) is 12.4 Å². The van der Waals surface area contributed by atoms with Crippen molar-refractivity contribution in [2.75, 3.05) is 0 Å². The van der Waals surface area contributed by atoms with Crippen LogP contribution in [0.3, 0.4) is 0 Å². The molecule has 1 aromatic heterocycles. The third-order valence-electron chi connectivity index (χ3n) is 3.95. The summed E-state index contributed by atoms with van der Waals surface area (Å²) in [6.07, 6.45) is 2.56. The molecule has 0 aliphatic rings. The van der Waals surface area contributed by atoms with Crippen LogP contribution in [0.1, 0.15) is 18.1 Å². The highest BCUT2D eigenvalue weighted by molar-refractivity contribution is 7.90. The van der Waals surface area contributed by atoms with Crippen molar-refractivity contribution >= 4 is 10.0 Å². The van der Waals surface area contributed by atoms with Gasteiger partial charge in [-0.3, -0.25) is 0 Å². The summed E-state index contributed by atoms with van der Waals surface area (Å²) in [5.74, 6) is 0. The van der Waals surface area contributed by atoms with E-state index in [-0.39, 0.29) is 0 Å². The van der Waals surface area contributed by atoms with Crippen molar-refractivity contribution in [3.8, 4) is 11.3 Å². The van der Waals surface area contributed by atoms with Gasteiger partial charge in [-0.05, 0) is 48.7 Å². The molecule has 0 bridgehead atoms. The van der Waals surface area contributed by atoms with Crippen LogP contribution in [0.4, 0.5) is 0 Å². The first-order valence-electron chi connectivity index (χ1n) is 7.61. The van der Waals surface area contributed by atoms with Crippen molar-refractivity contribution < 1.29 is 8.42 Å². The highest BCUT2D eigenvalue weighted by Gasteiger charge is 2.19. The van der Waals surface area contributed by atoms with Gasteiger partial charge in [0.15, 0.2) is 0 Å². The molecule has 3 rings (SSSR count). The molecule has 118 valence electrons. The second kappa shape index (κ2) is 6.05. The first-order chi connectivity index (χ1) is 11.0. The summed E-state index contributed by atoms with van der Waals surface area (Å²) in [6, 6.07) is 18.5. The summed E-state index contributed by atoms with van der Waals surface area (Å²) in [4.78, 5) is 0.297. The Kier molecular flexibility index (Phi) is 4.09. The van der Waals surface area contributed by atoms with Crippen molar-refractivity contribution in [3.05, 3.63) is 78.0 Å². The van der Waals surface area contributed by atoms with Gasteiger partial charge < -0.3 is 0 Å². The minimum absolute atomic E-state index is 0.297. The van der Waals surface area contributed by atoms with E-state index in [2.05, 4.69) is 6.92 Å². The Morgan fingerprint density at radius 2 is 1.57 bits per heavy atom. The zero-order chi connectivity index (χ0) is 16.4. The molecule has 0 fully saturated rings. The maximum atomic E-state index is 12.9. The van der Waals surface area contributed by atoms with E-state index in [0.29, 0.717) is 10.6 Å². The first kappa shape index (κ1) is 15.6. The van der Waals surface area contributed by atoms with E-state index in [1.54, 1.807) is 24.4 Å². The van der Waals surface area contributed by atoms with E-state index in [9.17, 15) is 8.42 Å². The van der Waals surface area contributed by atoms with Crippen LogP contribution < -0.4 is 0 Å². The largest absolute Gasteiger partial charge is 0.268 e. The third-order valence-corrected chi connectivity index (χ3v) is 5.65. The molecule has 3 nitrogen and oxygen atoms in total. The van der Waals surface area contributed by atoms with Crippen LogP contribution >= 0.6 is 0 Å². The molecule has 3 aromatic rings. The Balaban J connectivity index is 2.07. The molecular formula is C19H19NO2S. The fourth-order valence-electron chi connectivity index (χ4n) is 2.53. The van der Waals surface area contributed by atoms with Gasteiger partial charge in [0.1, 0.15) is 0 Å². The van der Waals surface area contributed by atoms with Gasteiger partial charge in [0.2, 0.25) is 0 Å². The molecule has 0 spiro atoms. The Labute approximate surface area is 137 Å². The molecule has 0 aliphatic carbocycles. The molecule has 23 heavy (non-hydrogen) atoms. The minimum atomic E-state index is -3.59. The quantitative estimate of drug-likeness (QED) is 0.719. The fourth-order valence-corrected chi connectivity index (χ4v) is 3.90. The predicted molar refractivity (Wildman–Crippen MR) is 93.0 cm³/mol. The average Bonchev–Trinajstić information content (AvgIpc) is 3.06. The standard InChI is InChI=1S/C19H19NO2S/c1-3-16-8-10-17(11-9-16)19-5-4-14-20(19)23(21,22)18-12-6-15(2)7-13-18/h4-14H,3H2,1-2H3. The van der Waals surface area contributed by atoms with Crippen LogP contribution in [0.25, 0.3) is 11.3 Å². The Morgan fingerprint density at radius 3 is 2.17 bits per heavy atom. The topological polar surface area (TPSA) is 39.1 Å². The summed E-state index contributed by atoms with van der Waals surface area (Å²) in [5.41, 5.74) is 3.83. The monoisotopic (exact) mass is 325 g/mol. The molecule has 2 aromatic carbocycles. The van der Waals surface area contributed by atoms with Crippen molar-refractivity contribution in [1.29, 1.82) is 0 Å². The second-order valence-corrected chi connectivity index (χ2v) is 7.37. The van der Waals surface area contributed by atoms with E-state index in [1.165, 1.54) is 9.54 Å². The number of benzene rings is 2. The van der Waals surface area contributed by atoms with E-state index >= 15 is 0 Å². The molecule has 0 unspecified atom stereocenters. The lowest BCUT2D eigenvalue weighted by Gasteiger charge is -2.11.